The number of aryl methyl sites for hydroxylation is 2. The number of rotatable bonds is 4. The van der Waals surface area contributed by atoms with Crippen molar-refractivity contribution in [1.29, 1.82) is 0 Å². The van der Waals surface area contributed by atoms with Crippen LogP contribution in [0.2, 0.25) is 5.02 Å². The van der Waals surface area contributed by atoms with Gasteiger partial charge in [-0.05, 0) is 49.6 Å². The minimum absolute atomic E-state index is 0.139. The minimum atomic E-state index is -0.142. The summed E-state index contributed by atoms with van der Waals surface area (Å²) in [6.07, 6.45) is 0.807. The maximum atomic E-state index is 12.4. The molecule has 0 N–H and O–H groups in total. The predicted molar refractivity (Wildman–Crippen MR) is 113 cm³/mol. The van der Waals surface area contributed by atoms with Crippen molar-refractivity contribution in [3.63, 3.8) is 0 Å². The summed E-state index contributed by atoms with van der Waals surface area (Å²) in [5.74, 6) is 0.820. The van der Waals surface area contributed by atoms with Crippen LogP contribution < -0.4 is 0 Å². The van der Waals surface area contributed by atoms with Gasteiger partial charge in [0, 0.05) is 19.2 Å². The van der Waals surface area contributed by atoms with Crippen molar-refractivity contribution >= 4 is 29.3 Å². The van der Waals surface area contributed by atoms with E-state index in [2.05, 4.69) is 42.2 Å². The van der Waals surface area contributed by atoms with E-state index in [1.165, 1.54) is 11.8 Å². The molecule has 0 aliphatic carbocycles. The van der Waals surface area contributed by atoms with Crippen LogP contribution in [0.5, 0.6) is 0 Å². The van der Waals surface area contributed by atoms with Crippen molar-refractivity contribution in [3.8, 4) is 17.1 Å². The third-order valence-corrected chi connectivity index (χ3v) is 6.51. The Bertz CT molecular complexity index is 1050. The van der Waals surface area contributed by atoms with Crippen LogP contribution in [-0.2, 0) is 4.79 Å². The fraction of sp³-hybridized carbons (Fsp3) is 0.286. The maximum Gasteiger partial charge on any atom is 0.235 e. The number of benzene rings is 2. The average molecular weight is 413 g/mol. The van der Waals surface area contributed by atoms with E-state index in [-0.39, 0.29) is 11.2 Å². The molecule has 7 heteroatoms. The second kappa shape index (κ2) is 7.60. The number of halogens is 1. The summed E-state index contributed by atoms with van der Waals surface area (Å²) < 4.78 is 2.03. The number of carbonyl (C=O) groups is 1. The molecule has 2 aromatic carbocycles. The number of hydrogen-bond acceptors (Lipinski definition) is 4. The third kappa shape index (κ3) is 3.42. The molecule has 1 aromatic heterocycles. The van der Waals surface area contributed by atoms with Gasteiger partial charge in [-0.15, -0.1) is 10.2 Å². The Hall–Kier alpha value is -2.31. The molecule has 2 heterocycles. The molecule has 144 valence electrons. The highest BCUT2D eigenvalue weighted by molar-refractivity contribution is 8.00. The molecule has 1 aliphatic rings. The lowest BCUT2D eigenvalue weighted by Crippen LogP contribution is -2.24. The fourth-order valence-electron chi connectivity index (χ4n) is 3.37. The van der Waals surface area contributed by atoms with E-state index in [1.54, 1.807) is 4.90 Å². The Balaban J connectivity index is 1.87. The molecular formula is C21H21ClN4OS. The number of amides is 1. The first kappa shape index (κ1) is 19.0. The summed E-state index contributed by atoms with van der Waals surface area (Å²) in [6, 6.07) is 13.9. The molecule has 1 unspecified atom stereocenters. The zero-order valence-electron chi connectivity index (χ0n) is 16.0. The van der Waals surface area contributed by atoms with Gasteiger partial charge in [0.25, 0.3) is 0 Å². The summed E-state index contributed by atoms with van der Waals surface area (Å²) >= 11 is 7.94. The molecule has 1 atom stereocenters. The molecule has 0 spiro atoms. The van der Waals surface area contributed by atoms with Gasteiger partial charge in [0.1, 0.15) is 0 Å². The summed E-state index contributed by atoms with van der Waals surface area (Å²) in [7, 11) is 1.84. The number of nitrogens with zero attached hydrogens (tertiary/aromatic N) is 4. The number of thioether (sulfide) groups is 1. The van der Waals surface area contributed by atoms with Gasteiger partial charge in [-0.3, -0.25) is 9.36 Å². The van der Waals surface area contributed by atoms with Crippen LogP contribution in [-0.4, -0.2) is 44.4 Å². The van der Waals surface area contributed by atoms with Crippen LogP contribution in [0.4, 0.5) is 0 Å². The van der Waals surface area contributed by atoms with Crippen molar-refractivity contribution in [2.24, 2.45) is 0 Å². The normalized spacial score (nSPS) is 16.8. The number of carbonyl (C=O) groups excluding carboxylic acids is 1. The Labute approximate surface area is 173 Å². The Kier molecular flexibility index (Phi) is 5.17. The molecule has 0 saturated carbocycles. The second-order valence-corrected chi connectivity index (χ2v) is 8.64. The molecule has 0 radical (unpaired) electrons. The molecule has 1 saturated heterocycles. The quantitative estimate of drug-likeness (QED) is 0.631. The molecule has 1 fully saturated rings. The summed E-state index contributed by atoms with van der Waals surface area (Å²) in [5.41, 5.74) is 4.07. The molecular weight excluding hydrogens is 392 g/mol. The van der Waals surface area contributed by atoms with E-state index in [0.717, 1.165) is 35.3 Å². The number of likely N-dealkylation sites (tertiary alicyclic amines) is 1. The van der Waals surface area contributed by atoms with Gasteiger partial charge in [0.2, 0.25) is 5.91 Å². The Morgan fingerprint density at radius 3 is 2.64 bits per heavy atom. The van der Waals surface area contributed by atoms with Gasteiger partial charge in [-0.2, -0.15) is 0 Å². The van der Waals surface area contributed by atoms with Gasteiger partial charge in [-0.25, -0.2) is 0 Å². The standard InChI is InChI=1S/C21H21ClN4OS/c1-13-8-9-14(2)17(12-13)26-19(15-6-4-5-7-16(15)22)23-24-21(26)28-18-10-11-25(3)20(18)27/h4-9,12,18H,10-11H2,1-3H3. The molecule has 28 heavy (non-hydrogen) atoms. The van der Waals surface area contributed by atoms with E-state index in [1.807, 2.05) is 35.9 Å². The summed E-state index contributed by atoms with van der Waals surface area (Å²) in [6.45, 7) is 4.89. The molecule has 1 aliphatic heterocycles. The maximum absolute atomic E-state index is 12.4. The zero-order valence-corrected chi connectivity index (χ0v) is 17.6. The predicted octanol–water partition coefficient (Wildman–Crippen LogP) is 4.53. The minimum Gasteiger partial charge on any atom is -0.345 e. The van der Waals surface area contributed by atoms with E-state index < -0.39 is 0 Å². The first-order valence-corrected chi connectivity index (χ1v) is 10.4. The molecule has 4 rings (SSSR count). The van der Waals surface area contributed by atoms with Crippen LogP contribution in [0.25, 0.3) is 17.1 Å². The van der Waals surface area contributed by atoms with Crippen molar-refractivity contribution in [2.45, 2.75) is 30.7 Å². The topological polar surface area (TPSA) is 51.0 Å². The SMILES string of the molecule is Cc1ccc(C)c(-n2c(SC3CCN(C)C3=O)nnc2-c2ccccc2Cl)c1. The summed E-state index contributed by atoms with van der Waals surface area (Å²) in [4.78, 5) is 14.2. The van der Waals surface area contributed by atoms with Crippen molar-refractivity contribution in [2.75, 3.05) is 13.6 Å². The lowest BCUT2D eigenvalue weighted by Gasteiger charge is -2.15. The van der Waals surface area contributed by atoms with Gasteiger partial charge in [-0.1, -0.05) is 47.6 Å². The first-order chi connectivity index (χ1) is 13.5. The number of aromatic nitrogens is 3. The van der Waals surface area contributed by atoms with Crippen LogP contribution in [0.15, 0.2) is 47.6 Å². The van der Waals surface area contributed by atoms with Crippen molar-refractivity contribution < 1.29 is 4.79 Å². The van der Waals surface area contributed by atoms with Crippen molar-refractivity contribution in [3.05, 3.63) is 58.6 Å². The van der Waals surface area contributed by atoms with Crippen LogP contribution in [0, 0.1) is 13.8 Å². The van der Waals surface area contributed by atoms with Gasteiger partial charge >= 0.3 is 0 Å². The summed E-state index contributed by atoms with van der Waals surface area (Å²) in [5, 5.41) is 10.1. The number of hydrogen-bond donors (Lipinski definition) is 0. The Morgan fingerprint density at radius 2 is 1.93 bits per heavy atom. The van der Waals surface area contributed by atoms with Crippen molar-refractivity contribution in [1.82, 2.24) is 19.7 Å². The van der Waals surface area contributed by atoms with E-state index >= 15 is 0 Å². The fourth-order valence-corrected chi connectivity index (χ4v) is 4.72. The highest BCUT2D eigenvalue weighted by Crippen LogP contribution is 2.36. The average Bonchev–Trinajstić information content (AvgIpc) is 3.23. The molecule has 5 nitrogen and oxygen atoms in total. The molecule has 3 aromatic rings. The lowest BCUT2D eigenvalue weighted by molar-refractivity contribution is -0.126. The van der Waals surface area contributed by atoms with Gasteiger partial charge in [0.05, 0.1) is 16.0 Å². The molecule has 0 bridgehead atoms. The Morgan fingerprint density at radius 1 is 1.14 bits per heavy atom. The van der Waals surface area contributed by atoms with Gasteiger partial charge in [0.15, 0.2) is 11.0 Å². The van der Waals surface area contributed by atoms with Gasteiger partial charge < -0.3 is 4.90 Å². The van der Waals surface area contributed by atoms with Crippen LogP contribution in [0.3, 0.4) is 0 Å². The van der Waals surface area contributed by atoms with Crippen LogP contribution in [0.1, 0.15) is 17.5 Å². The van der Waals surface area contributed by atoms with Crippen LogP contribution >= 0.6 is 23.4 Å². The highest BCUT2D eigenvalue weighted by Gasteiger charge is 2.32. The van der Waals surface area contributed by atoms with E-state index in [9.17, 15) is 4.79 Å². The molecule has 1 amide bonds. The first-order valence-electron chi connectivity index (χ1n) is 9.15. The van der Waals surface area contributed by atoms with E-state index in [0.29, 0.717) is 16.0 Å². The zero-order chi connectivity index (χ0) is 19.8. The lowest BCUT2D eigenvalue weighted by atomic mass is 10.1. The van der Waals surface area contributed by atoms with E-state index in [4.69, 9.17) is 11.6 Å². The third-order valence-electron chi connectivity index (χ3n) is 4.98. The largest absolute Gasteiger partial charge is 0.345 e. The smallest absolute Gasteiger partial charge is 0.235 e. The monoisotopic (exact) mass is 412 g/mol. The highest BCUT2D eigenvalue weighted by atomic mass is 35.5. The second-order valence-electron chi connectivity index (χ2n) is 7.07.